The first-order chi connectivity index (χ1) is 11.0. The maximum Gasteiger partial charge on any atom is 0.226 e. The summed E-state index contributed by atoms with van der Waals surface area (Å²) in [7, 11) is 0. The van der Waals surface area contributed by atoms with Gasteiger partial charge < -0.3 is 15.4 Å². The van der Waals surface area contributed by atoms with Crippen LogP contribution in [0.2, 0.25) is 0 Å². The van der Waals surface area contributed by atoms with E-state index in [1.54, 1.807) is 0 Å². The van der Waals surface area contributed by atoms with E-state index in [2.05, 4.69) is 24.5 Å². The zero-order valence-corrected chi connectivity index (χ0v) is 14.7. The van der Waals surface area contributed by atoms with Crippen LogP contribution in [0.4, 0.5) is 5.69 Å². The van der Waals surface area contributed by atoms with Crippen molar-refractivity contribution >= 4 is 28.9 Å². The predicted molar refractivity (Wildman–Crippen MR) is 97.7 cm³/mol. The summed E-state index contributed by atoms with van der Waals surface area (Å²) >= 11 is 5.22. The van der Waals surface area contributed by atoms with E-state index in [0.717, 1.165) is 24.3 Å². The number of hydrogen-bond acceptors (Lipinski definition) is 3. The van der Waals surface area contributed by atoms with E-state index < -0.39 is 0 Å². The van der Waals surface area contributed by atoms with Gasteiger partial charge in [-0.15, -0.1) is 0 Å². The van der Waals surface area contributed by atoms with Gasteiger partial charge >= 0.3 is 0 Å². The maximum atomic E-state index is 12.0. The Morgan fingerprint density at radius 1 is 1.35 bits per heavy atom. The smallest absolute Gasteiger partial charge is 0.226 e. The molecule has 0 aromatic heterocycles. The van der Waals surface area contributed by atoms with Gasteiger partial charge in [-0.2, -0.15) is 0 Å². The van der Waals surface area contributed by atoms with Crippen LogP contribution >= 0.6 is 12.2 Å². The lowest BCUT2D eigenvalue weighted by molar-refractivity contribution is -0.120. The molecule has 0 aliphatic heterocycles. The van der Waals surface area contributed by atoms with E-state index in [1.165, 1.54) is 12.8 Å². The first kappa shape index (κ1) is 17.7. The Morgan fingerprint density at radius 2 is 2.09 bits per heavy atom. The minimum absolute atomic E-state index is 0.00149. The SMILES string of the molecule is CC(C)COc1cccc(NC(=S)NC(=O)CC2CCCC2)c1. The molecule has 1 aliphatic carbocycles. The lowest BCUT2D eigenvalue weighted by Gasteiger charge is -2.13. The van der Waals surface area contributed by atoms with Crippen LogP contribution in [0.5, 0.6) is 5.75 Å². The highest BCUT2D eigenvalue weighted by Gasteiger charge is 2.18. The minimum atomic E-state index is 0.00149. The van der Waals surface area contributed by atoms with Crippen LogP contribution in [-0.2, 0) is 4.79 Å². The van der Waals surface area contributed by atoms with Gasteiger partial charge in [-0.1, -0.05) is 32.8 Å². The number of hydrogen-bond donors (Lipinski definition) is 2. The molecule has 1 aromatic rings. The molecule has 1 aliphatic rings. The molecule has 0 unspecified atom stereocenters. The largest absolute Gasteiger partial charge is 0.493 e. The fourth-order valence-electron chi connectivity index (χ4n) is 2.74. The van der Waals surface area contributed by atoms with Crippen molar-refractivity contribution in [2.24, 2.45) is 11.8 Å². The summed E-state index contributed by atoms with van der Waals surface area (Å²) in [5.41, 5.74) is 0.817. The standard InChI is InChI=1S/C18H26N2O2S/c1-13(2)12-22-16-9-5-8-15(11-16)19-18(23)20-17(21)10-14-6-3-4-7-14/h5,8-9,11,13-14H,3-4,6-7,10,12H2,1-2H3,(H2,19,20,21,23). The molecule has 4 nitrogen and oxygen atoms in total. The first-order valence-electron chi connectivity index (χ1n) is 8.36. The number of carbonyl (C=O) groups excluding carboxylic acids is 1. The summed E-state index contributed by atoms with van der Waals surface area (Å²) in [5, 5.41) is 6.15. The summed E-state index contributed by atoms with van der Waals surface area (Å²) in [5.74, 6) is 1.79. The number of thiocarbonyl (C=S) groups is 1. The van der Waals surface area contributed by atoms with Crippen LogP contribution in [0.25, 0.3) is 0 Å². The van der Waals surface area contributed by atoms with Crippen LogP contribution in [-0.4, -0.2) is 17.6 Å². The summed E-state index contributed by atoms with van der Waals surface area (Å²) in [6.45, 7) is 4.89. The van der Waals surface area contributed by atoms with Crippen molar-refractivity contribution in [2.45, 2.75) is 46.0 Å². The third-order valence-electron chi connectivity index (χ3n) is 3.88. The fourth-order valence-corrected chi connectivity index (χ4v) is 2.97. The average molecular weight is 334 g/mol. The van der Waals surface area contributed by atoms with Gasteiger partial charge in [0.25, 0.3) is 0 Å². The van der Waals surface area contributed by atoms with Crippen LogP contribution in [0, 0.1) is 11.8 Å². The Labute approximate surface area is 144 Å². The predicted octanol–water partition coefficient (Wildman–Crippen LogP) is 4.11. The molecule has 2 N–H and O–H groups in total. The molecule has 1 saturated carbocycles. The second kappa shape index (κ2) is 8.87. The molecule has 0 spiro atoms. The summed E-state index contributed by atoms with van der Waals surface area (Å²) in [4.78, 5) is 12.0. The van der Waals surface area contributed by atoms with E-state index in [0.29, 0.717) is 30.0 Å². The molecule has 0 atom stereocenters. The third kappa shape index (κ3) is 6.57. The number of carbonyl (C=O) groups is 1. The van der Waals surface area contributed by atoms with Crippen molar-refractivity contribution in [2.75, 3.05) is 11.9 Å². The lowest BCUT2D eigenvalue weighted by Crippen LogP contribution is -2.34. The Balaban J connectivity index is 1.79. The highest BCUT2D eigenvalue weighted by Crippen LogP contribution is 2.27. The van der Waals surface area contributed by atoms with Crippen molar-refractivity contribution < 1.29 is 9.53 Å². The number of anilines is 1. The quantitative estimate of drug-likeness (QED) is 0.769. The van der Waals surface area contributed by atoms with E-state index >= 15 is 0 Å². The molecule has 2 rings (SSSR count). The van der Waals surface area contributed by atoms with Crippen LogP contribution in [0.3, 0.4) is 0 Å². The Bertz CT molecular complexity index is 540. The topological polar surface area (TPSA) is 50.4 Å². The van der Waals surface area contributed by atoms with Gasteiger partial charge in [-0.3, -0.25) is 4.79 Å². The number of ether oxygens (including phenoxy) is 1. The van der Waals surface area contributed by atoms with Crippen molar-refractivity contribution in [3.8, 4) is 5.75 Å². The molecule has 1 amide bonds. The molecule has 23 heavy (non-hydrogen) atoms. The number of nitrogens with one attached hydrogen (secondary N) is 2. The highest BCUT2D eigenvalue weighted by atomic mass is 32.1. The van der Waals surface area contributed by atoms with E-state index in [9.17, 15) is 4.79 Å². The molecule has 0 bridgehead atoms. The van der Waals surface area contributed by atoms with E-state index in [-0.39, 0.29) is 5.91 Å². The van der Waals surface area contributed by atoms with Crippen molar-refractivity contribution in [3.63, 3.8) is 0 Å². The molecule has 1 fully saturated rings. The van der Waals surface area contributed by atoms with Crippen LogP contribution in [0.1, 0.15) is 46.0 Å². The Kier molecular flexibility index (Phi) is 6.84. The van der Waals surface area contributed by atoms with E-state index in [4.69, 9.17) is 17.0 Å². The molecule has 126 valence electrons. The Hall–Kier alpha value is -1.62. The van der Waals surface area contributed by atoms with Crippen molar-refractivity contribution in [1.82, 2.24) is 5.32 Å². The number of amides is 1. The zero-order chi connectivity index (χ0) is 16.7. The summed E-state index contributed by atoms with van der Waals surface area (Å²) in [6, 6.07) is 7.60. The second-order valence-electron chi connectivity index (χ2n) is 6.59. The first-order valence-corrected chi connectivity index (χ1v) is 8.77. The third-order valence-corrected chi connectivity index (χ3v) is 4.08. The number of benzene rings is 1. The van der Waals surface area contributed by atoms with E-state index in [1.807, 2.05) is 24.3 Å². The minimum Gasteiger partial charge on any atom is -0.493 e. The molecule has 1 aromatic carbocycles. The average Bonchev–Trinajstić information content (AvgIpc) is 2.98. The summed E-state index contributed by atoms with van der Waals surface area (Å²) in [6.07, 6.45) is 5.36. The Morgan fingerprint density at radius 3 is 2.78 bits per heavy atom. The molecule has 0 heterocycles. The molecular formula is C18H26N2O2S. The monoisotopic (exact) mass is 334 g/mol. The van der Waals surface area contributed by atoms with Crippen LogP contribution < -0.4 is 15.4 Å². The lowest BCUT2D eigenvalue weighted by atomic mass is 10.0. The van der Waals surface area contributed by atoms with Gasteiger partial charge in [0.2, 0.25) is 5.91 Å². The summed E-state index contributed by atoms with van der Waals surface area (Å²) < 4.78 is 5.69. The van der Waals surface area contributed by atoms with Gasteiger partial charge in [0.15, 0.2) is 5.11 Å². The molecular weight excluding hydrogens is 308 g/mol. The fraction of sp³-hybridized carbons (Fsp3) is 0.556. The van der Waals surface area contributed by atoms with Crippen LogP contribution in [0.15, 0.2) is 24.3 Å². The number of rotatable bonds is 6. The van der Waals surface area contributed by atoms with Crippen molar-refractivity contribution in [1.29, 1.82) is 0 Å². The molecule has 0 saturated heterocycles. The molecule has 5 heteroatoms. The van der Waals surface area contributed by atoms with Gasteiger partial charge in [0, 0.05) is 18.2 Å². The second-order valence-corrected chi connectivity index (χ2v) is 7.00. The van der Waals surface area contributed by atoms with Gasteiger partial charge in [0.1, 0.15) is 5.75 Å². The molecule has 0 radical (unpaired) electrons. The van der Waals surface area contributed by atoms with Gasteiger partial charge in [-0.05, 0) is 49.0 Å². The maximum absolute atomic E-state index is 12.0. The normalized spacial score (nSPS) is 14.7. The van der Waals surface area contributed by atoms with Gasteiger partial charge in [0.05, 0.1) is 6.61 Å². The van der Waals surface area contributed by atoms with Crippen molar-refractivity contribution in [3.05, 3.63) is 24.3 Å². The highest BCUT2D eigenvalue weighted by molar-refractivity contribution is 7.80. The van der Waals surface area contributed by atoms with Gasteiger partial charge in [-0.25, -0.2) is 0 Å². The zero-order valence-electron chi connectivity index (χ0n) is 13.9.